The minimum absolute atomic E-state index is 0.0247. The molecule has 0 saturated carbocycles. The molecule has 6 nitrogen and oxygen atoms in total. The van der Waals surface area contributed by atoms with Crippen LogP contribution in [0.2, 0.25) is 0 Å². The van der Waals surface area contributed by atoms with E-state index < -0.39 is 0 Å². The van der Waals surface area contributed by atoms with Gasteiger partial charge in [-0.2, -0.15) is 5.10 Å². The van der Waals surface area contributed by atoms with Gasteiger partial charge in [0, 0.05) is 12.1 Å². The number of aryl methyl sites for hydroxylation is 1. The summed E-state index contributed by atoms with van der Waals surface area (Å²) in [4.78, 5) is 20.2. The molecule has 112 valence electrons. The Morgan fingerprint density at radius 3 is 2.33 bits per heavy atom. The van der Waals surface area contributed by atoms with Crippen molar-refractivity contribution in [1.82, 2.24) is 19.7 Å². The highest BCUT2D eigenvalue weighted by molar-refractivity contribution is 5.90. The highest BCUT2D eigenvalue weighted by Gasteiger charge is 2.11. The van der Waals surface area contributed by atoms with Crippen molar-refractivity contribution in [1.29, 1.82) is 0 Å². The summed E-state index contributed by atoms with van der Waals surface area (Å²) in [5.74, 6) is 0.803. The number of carbonyl (C=O) groups is 1. The molecule has 0 aromatic carbocycles. The fourth-order valence-corrected chi connectivity index (χ4v) is 1.99. The minimum atomic E-state index is -0.0247. The summed E-state index contributed by atoms with van der Waals surface area (Å²) in [6.07, 6.45) is 3.69. The zero-order valence-electron chi connectivity index (χ0n) is 13.1. The molecular formula is C15H21N5O. The summed E-state index contributed by atoms with van der Waals surface area (Å²) in [5, 5.41) is 7.20. The van der Waals surface area contributed by atoms with Crippen molar-refractivity contribution in [2.45, 2.75) is 41.0 Å². The van der Waals surface area contributed by atoms with Gasteiger partial charge in [-0.15, -0.1) is 0 Å². The van der Waals surface area contributed by atoms with Gasteiger partial charge in [-0.05, 0) is 32.3 Å². The van der Waals surface area contributed by atoms with Crippen molar-refractivity contribution in [2.24, 2.45) is 5.92 Å². The molecule has 0 saturated heterocycles. The third kappa shape index (κ3) is 3.45. The molecule has 0 radical (unpaired) electrons. The molecule has 0 bridgehead atoms. The van der Waals surface area contributed by atoms with Crippen LogP contribution in [0.4, 0.5) is 5.69 Å². The Hall–Kier alpha value is -2.24. The fourth-order valence-electron chi connectivity index (χ4n) is 1.99. The van der Waals surface area contributed by atoms with Crippen molar-refractivity contribution in [3.05, 3.63) is 29.3 Å². The second kappa shape index (κ2) is 6.03. The molecule has 6 heteroatoms. The summed E-state index contributed by atoms with van der Waals surface area (Å²) in [6.45, 7) is 9.97. The average molecular weight is 287 g/mol. The zero-order valence-corrected chi connectivity index (χ0v) is 13.1. The highest BCUT2D eigenvalue weighted by atomic mass is 16.1. The molecular weight excluding hydrogens is 266 g/mol. The molecule has 0 spiro atoms. The Morgan fingerprint density at radius 2 is 1.86 bits per heavy atom. The van der Waals surface area contributed by atoms with Crippen molar-refractivity contribution in [3.63, 3.8) is 0 Å². The normalized spacial score (nSPS) is 11.0. The molecule has 0 aliphatic carbocycles. The fraction of sp³-hybridized carbons (Fsp3) is 0.467. The molecule has 2 heterocycles. The molecule has 0 aliphatic rings. The lowest BCUT2D eigenvalue weighted by Crippen LogP contribution is -2.14. The van der Waals surface area contributed by atoms with Gasteiger partial charge >= 0.3 is 0 Å². The van der Waals surface area contributed by atoms with Crippen LogP contribution in [-0.2, 0) is 4.79 Å². The average Bonchev–Trinajstić information content (AvgIpc) is 2.66. The minimum Gasteiger partial charge on any atom is -0.323 e. The maximum Gasteiger partial charge on any atom is 0.250 e. The first-order valence-electron chi connectivity index (χ1n) is 7.03. The molecule has 2 rings (SSSR count). The van der Waals surface area contributed by atoms with Gasteiger partial charge in [0.05, 0.1) is 23.8 Å². The van der Waals surface area contributed by atoms with Crippen LogP contribution in [0, 0.1) is 26.7 Å². The largest absolute Gasteiger partial charge is 0.323 e. The van der Waals surface area contributed by atoms with Gasteiger partial charge in [0.2, 0.25) is 5.91 Å². The topological polar surface area (TPSA) is 72.7 Å². The van der Waals surface area contributed by atoms with E-state index in [1.54, 1.807) is 17.1 Å². The van der Waals surface area contributed by atoms with Gasteiger partial charge in [0.15, 0.2) is 0 Å². The Bertz CT molecular complexity index is 643. The monoisotopic (exact) mass is 287 g/mol. The summed E-state index contributed by atoms with van der Waals surface area (Å²) in [7, 11) is 0. The van der Waals surface area contributed by atoms with Crippen LogP contribution in [0.3, 0.4) is 0 Å². The predicted octanol–water partition coefficient (Wildman–Crippen LogP) is 2.57. The van der Waals surface area contributed by atoms with Gasteiger partial charge in [-0.1, -0.05) is 13.8 Å². The number of aromatic nitrogens is 4. The smallest absolute Gasteiger partial charge is 0.250 e. The molecule has 2 aromatic heterocycles. The first-order chi connectivity index (χ1) is 9.88. The van der Waals surface area contributed by atoms with Gasteiger partial charge in [0.1, 0.15) is 0 Å². The van der Waals surface area contributed by atoms with Crippen molar-refractivity contribution >= 4 is 11.6 Å². The zero-order chi connectivity index (χ0) is 15.6. The van der Waals surface area contributed by atoms with Crippen LogP contribution < -0.4 is 5.32 Å². The number of amides is 1. The number of carbonyl (C=O) groups excluding carboxylic acids is 1. The van der Waals surface area contributed by atoms with E-state index in [9.17, 15) is 4.79 Å². The number of hydrogen-bond donors (Lipinski definition) is 1. The van der Waals surface area contributed by atoms with E-state index in [-0.39, 0.29) is 5.91 Å². The maximum atomic E-state index is 11.7. The van der Waals surface area contributed by atoms with Gasteiger partial charge in [-0.3, -0.25) is 4.79 Å². The van der Waals surface area contributed by atoms with Crippen molar-refractivity contribution < 1.29 is 4.79 Å². The lowest BCUT2D eigenvalue weighted by molar-refractivity contribution is -0.116. The van der Waals surface area contributed by atoms with Gasteiger partial charge in [-0.25, -0.2) is 14.6 Å². The molecule has 21 heavy (non-hydrogen) atoms. The van der Waals surface area contributed by atoms with Crippen LogP contribution in [0.15, 0.2) is 12.4 Å². The predicted molar refractivity (Wildman–Crippen MR) is 81.4 cm³/mol. The van der Waals surface area contributed by atoms with Crippen LogP contribution in [0.25, 0.3) is 5.95 Å². The second-order valence-electron chi connectivity index (χ2n) is 5.63. The Balaban J connectivity index is 2.15. The van der Waals surface area contributed by atoms with E-state index in [0.717, 1.165) is 17.0 Å². The van der Waals surface area contributed by atoms with E-state index in [4.69, 9.17) is 0 Å². The second-order valence-corrected chi connectivity index (χ2v) is 5.63. The standard InChI is InChI=1S/C15H21N5O/c1-9(2)6-14(21)18-13-7-16-15(17-8-13)20-12(5)10(3)11(4)19-20/h7-9H,6H2,1-5H3,(H,18,21). The highest BCUT2D eigenvalue weighted by Crippen LogP contribution is 2.15. The van der Waals surface area contributed by atoms with E-state index in [2.05, 4.69) is 20.4 Å². The quantitative estimate of drug-likeness (QED) is 0.938. The SMILES string of the molecule is Cc1nn(-c2ncc(NC(=O)CC(C)C)cn2)c(C)c1C. The molecule has 0 atom stereocenters. The third-order valence-electron chi connectivity index (χ3n) is 3.36. The summed E-state index contributed by atoms with van der Waals surface area (Å²) >= 11 is 0. The number of nitrogens with zero attached hydrogens (tertiary/aromatic N) is 4. The van der Waals surface area contributed by atoms with Gasteiger partial charge in [0.25, 0.3) is 5.95 Å². The molecule has 0 aliphatic heterocycles. The summed E-state index contributed by atoms with van der Waals surface area (Å²) in [6, 6.07) is 0. The number of nitrogens with one attached hydrogen (secondary N) is 1. The maximum absolute atomic E-state index is 11.7. The van der Waals surface area contributed by atoms with Crippen LogP contribution in [-0.4, -0.2) is 25.7 Å². The van der Waals surface area contributed by atoms with E-state index in [1.807, 2.05) is 34.6 Å². The molecule has 1 N–H and O–H groups in total. The molecule has 0 fully saturated rings. The van der Waals surface area contributed by atoms with Crippen LogP contribution >= 0.6 is 0 Å². The first kappa shape index (κ1) is 15.2. The summed E-state index contributed by atoms with van der Waals surface area (Å²) in [5.41, 5.74) is 3.71. The van der Waals surface area contributed by atoms with E-state index >= 15 is 0 Å². The molecule has 0 unspecified atom stereocenters. The Kier molecular flexibility index (Phi) is 4.35. The van der Waals surface area contributed by atoms with Gasteiger partial charge < -0.3 is 5.32 Å². The van der Waals surface area contributed by atoms with E-state index in [0.29, 0.717) is 24.0 Å². The number of anilines is 1. The molecule has 2 aromatic rings. The van der Waals surface area contributed by atoms with Crippen LogP contribution in [0.5, 0.6) is 0 Å². The van der Waals surface area contributed by atoms with Crippen LogP contribution in [0.1, 0.15) is 37.2 Å². The molecule has 1 amide bonds. The van der Waals surface area contributed by atoms with Crippen molar-refractivity contribution in [2.75, 3.05) is 5.32 Å². The lowest BCUT2D eigenvalue weighted by Gasteiger charge is -2.07. The lowest BCUT2D eigenvalue weighted by atomic mass is 10.1. The number of hydrogen-bond acceptors (Lipinski definition) is 4. The van der Waals surface area contributed by atoms with E-state index in [1.165, 1.54) is 0 Å². The number of rotatable bonds is 4. The Labute approximate surface area is 124 Å². The summed E-state index contributed by atoms with van der Waals surface area (Å²) < 4.78 is 1.71. The Morgan fingerprint density at radius 1 is 1.24 bits per heavy atom. The first-order valence-corrected chi connectivity index (χ1v) is 7.03. The van der Waals surface area contributed by atoms with Crippen molar-refractivity contribution in [3.8, 4) is 5.95 Å². The third-order valence-corrected chi connectivity index (χ3v) is 3.36.